The lowest BCUT2D eigenvalue weighted by Crippen LogP contribution is -2.39. The van der Waals surface area contributed by atoms with Gasteiger partial charge in [0.25, 0.3) is 0 Å². The molecule has 0 bridgehead atoms. The molecule has 2 amide bonds. The second kappa shape index (κ2) is 5.65. The zero-order chi connectivity index (χ0) is 9.56. The molecule has 70 valence electrons. The summed E-state index contributed by atoms with van der Waals surface area (Å²) in [4.78, 5) is 20.7. The Morgan fingerprint density at radius 3 is 2.42 bits per heavy atom. The lowest BCUT2D eigenvalue weighted by molar-refractivity contribution is 0.129. The van der Waals surface area contributed by atoms with Crippen LogP contribution in [0, 0.1) is 5.92 Å². The molecule has 2 N–H and O–H groups in total. The molecule has 0 atom stereocenters. The first-order chi connectivity index (χ1) is 5.52. The Labute approximate surface area is 75.4 Å². The molecule has 0 aliphatic carbocycles. The van der Waals surface area contributed by atoms with Gasteiger partial charge >= 0.3 is 11.5 Å². The van der Waals surface area contributed by atoms with Crippen molar-refractivity contribution in [3.05, 3.63) is 0 Å². The van der Waals surface area contributed by atoms with Gasteiger partial charge in [-0.15, -0.1) is 0 Å². The fourth-order valence-corrected chi connectivity index (χ4v) is 0.426. The highest BCUT2D eigenvalue weighted by atomic mass is 35.5. The predicted molar refractivity (Wildman–Crippen MR) is 43.7 cm³/mol. The van der Waals surface area contributed by atoms with Gasteiger partial charge in [-0.05, 0) is 17.5 Å². The summed E-state index contributed by atoms with van der Waals surface area (Å²) in [5.41, 5.74) is 3.82. The fourth-order valence-electron chi connectivity index (χ4n) is 0.379. The van der Waals surface area contributed by atoms with Crippen LogP contribution in [0.3, 0.4) is 0 Å². The Balaban J connectivity index is 3.40. The van der Waals surface area contributed by atoms with Crippen LogP contribution < -0.4 is 10.9 Å². The van der Waals surface area contributed by atoms with E-state index >= 15 is 0 Å². The zero-order valence-electron chi connectivity index (χ0n) is 6.89. The summed E-state index contributed by atoms with van der Waals surface area (Å²) in [5, 5.41) is -0.864. The van der Waals surface area contributed by atoms with E-state index in [0.29, 0.717) is 6.61 Å². The molecule has 0 aromatic heterocycles. The molecule has 0 aromatic carbocycles. The van der Waals surface area contributed by atoms with Crippen molar-refractivity contribution < 1.29 is 14.3 Å². The van der Waals surface area contributed by atoms with Crippen molar-refractivity contribution in [3.63, 3.8) is 0 Å². The molecule has 0 aromatic rings. The number of ether oxygens (including phenoxy) is 1. The van der Waals surface area contributed by atoms with E-state index in [-0.39, 0.29) is 5.92 Å². The van der Waals surface area contributed by atoms with E-state index < -0.39 is 11.5 Å². The molecule has 0 saturated carbocycles. The van der Waals surface area contributed by atoms with Crippen LogP contribution in [0.2, 0.25) is 0 Å². The minimum atomic E-state index is -0.864. The van der Waals surface area contributed by atoms with Gasteiger partial charge in [0.1, 0.15) is 0 Å². The number of carbonyl (C=O) groups is 2. The van der Waals surface area contributed by atoms with E-state index in [0.717, 1.165) is 0 Å². The average molecular weight is 195 g/mol. The zero-order valence-corrected chi connectivity index (χ0v) is 7.64. The van der Waals surface area contributed by atoms with Crippen LogP contribution in [-0.4, -0.2) is 18.1 Å². The minimum Gasteiger partial charge on any atom is -0.448 e. The Bertz CT molecular complexity index is 172. The van der Waals surface area contributed by atoms with Crippen molar-refractivity contribution in [2.45, 2.75) is 13.8 Å². The molecular formula is C6H11ClN2O3. The van der Waals surface area contributed by atoms with Gasteiger partial charge in [0.15, 0.2) is 0 Å². The minimum absolute atomic E-state index is 0.252. The molecule has 0 spiro atoms. The predicted octanol–water partition coefficient (Wildman–Crippen LogP) is 1.23. The Hall–Kier alpha value is -0.970. The lowest BCUT2D eigenvalue weighted by atomic mass is 10.2. The van der Waals surface area contributed by atoms with Crippen molar-refractivity contribution in [1.29, 1.82) is 0 Å². The number of hydrazine groups is 1. The summed E-state index contributed by atoms with van der Waals surface area (Å²) in [5.74, 6) is 0.252. The van der Waals surface area contributed by atoms with Gasteiger partial charge in [-0.25, -0.2) is 10.2 Å². The molecule has 0 unspecified atom stereocenters. The topological polar surface area (TPSA) is 67.4 Å². The van der Waals surface area contributed by atoms with Crippen molar-refractivity contribution in [2.24, 2.45) is 5.92 Å². The maximum absolute atomic E-state index is 10.6. The number of rotatable bonds is 2. The largest absolute Gasteiger partial charge is 0.448 e. The van der Waals surface area contributed by atoms with E-state index in [4.69, 9.17) is 11.6 Å². The third kappa shape index (κ3) is 7.14. The Kier molecular flexibility index (Phi) is 5.19. The molecule has 0 aliphatic rings. The highest BCUT2D eigenvalue weighted by molar-refractivity contribution is 6.62. The molecule has 0 rings (SSSR count). The summed E-state index contributed by atoms with van der Waals surface area (Å²) in [6, 6.07) is 0. The van der Waals surface area contributed by atoms with Gasteiger partial charge in [0, 0.05) is 0 Å². The molecule has 0 radical (unpaired) electrons. The average Bonchev–Trinajstić information content (AvgIpc) is 1.96. The highest BCUT2D eigenvalue weighted by Crippen LogP contribution is 1.91. The van der Waals surface area contributed by atoms with Gasteiger partial charge in [-0.1, -0.05) is 13.8 Å². The van der Waals surface area contributed by atoms with E-state index in [9.17, 15) is 9.59 Å². The normalized spacial score (nSPS) is 9.33. The molecule has 12 heavy (non-hydrogen) atoms. The second-order valence-corrected chi connectivity index (χ2v) is 2.86. The molecule has 5 nitrogen and oxygen atoms in total. The van der Waals surface area contributed by atoms with Crippen LogP contribution in [-0.2, 0) is 4.74 Å². The van der Waals surface area contributed by atoms with E-state index in [2.05, 4.69) is 4.74 Å². The van der Waals surface area contributed by atoms with E-state index in [1.54, 1.807) is 0 Å². The number of hydrogen-bond donors (Lipinski definition) is 2. The lowest BCUT2D eigenvalue weighted by Gasteiger charge is -2.07. The quantitative estimate of drug-likeness (QED) is 0.395. The van der Waals surface area contributed by atoms with Crippen molar-refractivity contribution in [3.8, 4) is 0 Å². The molecule has 0 heterocycles. The maximum Gasteiger partial charge on any atom is 0.426 e. The fraction of sp³-hybridized carbons (Fsp3) is 0.667. The molecule has 0 fully saturated rings. The Morgan fingerprint density at radius 1 is 1.42 bits per heavy atom. The summed E-state index contributed by atoms with van der Waals surface area (Å²) in [6.45, 7) is 4.09. The van der Waals surface area contributed by atoms with Crippen molar-refractivity contribution in [1.82, 2.24) is 10.9 Å². The first kappa shape index (κ1) is 11.0. The first-order valence-electron chi connectivity index (χ1n) is 3.40. The third-order valence-electron chi connectivity index (χ3n) is 0.811. The van der Waals surface area contributed by atoms with Crippen LogP contribution >= 0.6 is 11.6 Å². The van der Waals surface area contributed by atoms with Gasteiger partial charge < -0.3 is 4.74 Å². The number of nitrogens with one attached hydrogen (secondary N) is 2. The Morgan fingerprint density at radius 2 is 2.00 bits per heavy atom. The molecule has 6 heteroatoms. The summed E-state index contributed by atoms with van der Waals surface area (Å²) in [6.07, 6.45) is -0.724. The second-order valence-electron chi connectivity index (χ2n) is 2.52. The molecule has 0 aliphatic heterocycles. The first-order valence-corrected chi connectivity index (χ1v) is 3.78. The number of halogens is 1. The van der Waals surface area contributed by atoms with E-state index in [1.807, 2.05) is 24.7 Å². The highest BCUT2D eigenvalue weighted by Gasteiger charge is 2.03. The maximum atomic E-state index is 10.6. The van der Waals surface area contributed by atoms with Gasteiger partial charge in [0.05, 0.1) is 6.61 Å². The SMILES string of the molecule is CC(C)COC(=O)NNC(=O)Cl. The summed E-state index contributed by atoms with van der Waals surface area (Å²) < 4.78 is 4.63. The van der Waals surface area contributed by atoms with Crippen LogP contribution in [0.15, 0.2) is 0 Å². The van der Waals surface area contributed by atoms with Crippen molar-refractivity contribution >= 4 is 23.1 Å². The van der Waals surface area contributed by atoms with Gasteiger partial charge in [-0.3, -0.25) is 10.2 Å². The third-order valence-corrected chi connectivity index (χ3v) is 0.905. The molecular weight excluding hydrogens is 184 g/mol. The smallest absolute Gasteiger partial charge is 0.426 e. The van der Waals surface area contributed by atoms with Crippen LogP contribution in [0.25, 0.3) is 0 Å². The summed E-state index contributed by atoms with van der Waals surface area (Å²) >= 11 is 4.86. The van der Waals surface area contributed by atoms with Crippen LogP contribution in [0.1, 0.15) is 13.8 Å². The van der Waals surface area contributed by atoms with Crippen molar-refractivity contribution in [2.75, 3.05) is 6.61 Å². The summed E-state index contributed by atoms with van der Waals surface area (Å²) in [7, 11) is 0. The van der Waals surface area contributed by atoms with Crippen LogP contribution in [0.4, 0.5) is 9.59 Å². The van der Waals surface area contributed by atoms with E-state index in [1.165, 1.54) is 0 Å². The van der Waals surface area contributed by atoms with Crippen LogP contribution in [0.5, 0.6) is 0 Å². The van der Waals surface area contributed by atoms with Gasteiger partial charge in [0.2, 0.25) is 0 Å². The monoisotopic (exact) mass is 194 g/mol. The number of amides is 2. The number of hydrogen-bond acceptors (Lipinski definition) is 3. The van der Waals surface area contributed by atoms with Gasteiger partial charge in [-0.2, -0.15) is 0 Å². The molecule has 0 saturated heterocycles. The number of carbonyl (C=O) groups excluding carboxylic acids is 2. The standard InChI is InChI=1S/C6H11ClN2O3/c1-4(2)3-12-6(11)9-8-5(7)10/h4H,3H2,1-2H3,(H,8,10)(H,9,11).